The molecule has 0 radical (unpaired) electrons. The molecule has 3 aromatic rings. The van der Waals surface area contributed by atoms with Crippen molar-refractivity contribution in [1.82, 2.24) is 9.62 Å². The number of esters is 1. The van der Waals surface area contributed by atoms with Crippen LogP contribution >= 0.6 is 0 Å². The number of carbonyl (C=O) groups is 1. The molecular formula is C29H32N4O8S. The van der Waals surface area contributed by atoms with Gasteiger partial charge in [0.1, 0.15) is 35.9 Å². The average Bonchev–Trinajstić information content (AvgIpc) is 3.48. The molecule has 4 atom stereocenters. The summed E-state index contributed by atoms with van der Waals surface area (Å²) in [5.74, 6) is -0.543. The molecule has 0 amide bonds. The molecular weight excluding hydrogens is 564 g/mol. The number of rotatable bonds is 7. The van der Waals surface area contributed by atoms with E-state index in [4.69, 9.17) is 9.15 Å². The largest absolute Gasteiger partial charge is 0.456 e. The predicted molar refractivity (Wildman–Crippen MR) is 154 cm³/mol. The number of aliphatic hydroxyl groups excluding tert-OH is 3. The Balaban J connectivity index is 1.33. The summed E-state index contributed by atoms with van der Waals surface area (Å²) in [5.41, 5.74) is 2.00. The van der Waals surface area contributed by atoms with Gasteiger partial charge in [-0.3, -0.25) is 0 Å². The molecule has 222 valence electrons. The molecule has 3 heterocycles. The number of hydrogen-bond acceptors (Lipinski definition) is 11. The topological polar surface area (TPSA) is 177 Å². The lowest BCUT2D eigenvalue weighted by atomic mass is 10.00. The summed E-state index contributed by atoms with van der Waals surface area (Å²) in [4.78, 5) is 15.7. The number of fused-ring (bicyclic) bond motifs is 1. The number of allylic oxidation sites excluding steroid dienone is 2. The van der Waals surface area contributed by atoms with Crippen LogP contribution in [-0.2, 0) is 19.6 Å². The standard InChI is InChI=1S/C29H32N4O8S/c1-17(25(15-30)42(38,39)31-16-24-26(34)27(35)28(36)29(37)41-24)22-7-8-23(40-22)20-4-3-19-14-21(6-5-18(19)13-20)33-11-9-32(2)10-12-33/h3-8,13-14,24,26-28,31,34-36H,9-12,16H2,1-2H3/b25-17+/t24-,26-,27+,28-/m1/s1. The number of benzene rings is 2. The first-order valence-electron chi connectivity index (χ1n) is 13.4. The number of furan rings is 1. The number of likely N-dealkylation sites (N-methyl/N-ethyl adjacent to an activating group) is 1. The number of nitrogens with one attached hydrogen (secondary N) is 1. The third-order valence-electron chi connectivity index (χ3n) is 7.70. The van der Waals surface area contributed by atoms with Crippen molar-refractivity contribution in [2.75, 3.05) is 44.7 Å². The van der Waals surface area contributed by atoms with Gasteiger partial charge in [0.2, 0.25) is 0 Å². The summed E-state index contributed by atoms with van der Waals surface area (Å²) in [6, 6.07) is 17.2. The third-order valence-corrected chi connectivity index (χ3v) is 9.18. The average molecular weight is 597 g/mol. The minimum absolute atomic E-state index is 0.0468. The second-order valence-electron chi connectivity index (χ2n) is 10.5. The van der Waals surface area contributed by atoms with Crippen LogP contribution in [0, 0.1) is 11.3 Å². The number of ether oxygens (including phenoxy) is 1. The summed E-state index contributed by atoms with van der Waals surface area (Å²) < 4.78 is 38.8. The van der Waals surface area contributed by atoms with Crippen molar-refractivity contribution >= 4 is 38.0 Å². The van der Waals surface area contributed by atoms with Gasteiger partial charge in [0.25, 0.3) is 10.0 Å². The summed E-state index contributed by atoms with van der Waals surface area (Å²) in [6.45, 7) is 4.78. The van der Waals surface area contributed by atoms with Crippen LogP contribution in [0.3, 0.4) is 0 Å². The molecule has 4 N–H and O–H groups in total. The van der Waals surface area contributed by atoms with E-state index < -0.39 is 51.9 Å². The SMILES string of the molecule is C/C(=C(/C#N)S(=O)(=O)NC[C@H]1OC(=O)[C@H](O)[C@@H](O)[C@@H]1O)c1ccc(-c2ccc3cc(N4CCN(C)CC4)ccc3c2)o1. The van der Waals surface area contributed by atoms with Gasteiger partial charge in [0, 0.05) is 43.0 Å². The maximum Gasteiger partial charge on any atom is 0.338 e. The summed E-state index contributed by atoms with van der Waals surface area (Å²) in [7, 11) is -2.31. The maximum atomic E-state index is 13.0. The van der Waals surface area contributed by atoms with E-state index in [1.54, 1.807) is 18.2 Å². The second-order valence-corrected chi connectivity index (χ2v) is 12.2. The molecule has 0 unspecified atom stereocenters. The minimum atomic E-state index is -4.44. The van der Waals surface area contributed by atoms with Crippen molar-refractivity contribution in [3.8, 4) is 17.4 Å². The van der Waals surface area contributed by atoms with E-state index in [9.17, 15) is 33.8 Å². The van der Waals surface area contributed by atoms with Gasteiger partial charge in [0.05, 0.1) is 6.54 Å². The Hall–Kier alpha value is -3.77. The fraction of sp³-hybridized carbons (Fsp3) is 0.379. The van der Waals surface area contributed by atoms with Crippen molar-refractivity contribution in [2.45, 2.75) is 31.3 Å². The van der Waals surface area contributed by atoms with E-state index >= 15 is 0 Å². The normalized spacial score (nSPS) is 24.3. The summed E-state index contributed by atoms with van der Waals surface area (Å²) in [5, 5.41) is 41.1. The maximum absolute atomic E-state index is 13.0. The van der Waals surface area contributed by atoms with E-state index in [1.165, 1.54) is 12.6 Å². The second kappa shape index (κ2) is 11.8. The highest BCUT2D eigenvalue weighted by atomic mass is 32.2. The van der Waals surface area contributed by atoms with Gasteiger partial charge in [-0.2, -0.15) is 5.26 Å². The smallest absolute Gasteiger partial charge is 0.338 e. The molecule has 2 aliphatic heterocycles. The molecule has 12 nitrogen and oxygen atoms in total. The molecule has 2 fully saturated rings. The van der Waals surface area contributed by atoms with Crippen molar-refractivity contribution in [3.05, 3.63) is 59.2 Å². The first kappa shape index (κ1) is 29.7. The molecule has 5 rings (SSSR count). The zero-order chi connectivity index (χ0) is 30.2. The highest BCUT2D eigenvalue weighted by Gasteiger charge is 2.44. The predicted octanol–water partition coefficient (Wildman–Crippen LogP) is 1.03. The fourth-order valence-corrected chi connectivity index (χ4v) is 6.21. The Labute approximate surface area is 243 Å². The number of hydrogen-bond donors (Lipinski definition) is 4. The molecule has 0 aliphatic carbocycles. The van der Waals surface area contributed by atoms with Crippen LogP contribution in [0.4, 0.5) is 5.69 Å². The number of aliphatic hydroxyl groups is 3. The zero-order valence-electron chi connectivity index (χ0n) is 23.1. The molecule has 0 spiro atoms. The molecule has 1 aromatic heterocycles. The first-order chi connectivity index (χ1) is 20.0. The van der Waals surface area contributed by atoms with Crippen molar-refractivity contribution < 1.29 is 37.7 Å². The van der Waals surface area contributed by atoms with Crippen molar-refractivity contribution in [3.63, 3.8) is 0 Å². The Bertz CT molecular complexity index is 1670. The lowest BCUT2D eigenvalue weighted by molar-refractivity contribution is -0.201. The number of piperazine rings is 1. The highest BCUT2D eigenvalue weighted by Crippen LogP contribution is 2.32. The van der Waals surface area contributed by atoms with Gasteiger partial charge in [-0.15, -0.1) is 0 Å². The van der Waals surface area contributed by atoms with Crippen molar-refractivity contribution in [2.24, 2.45) is 0 Å². The number of carbonyl (C=O) groups excluding carboxylic acids is 1. The van der Waals surface area contributed by atoms with E-state index in [0.717, 1.165) is 42.5 Å². The van der Waals surface area contributed by atoms with E-state index in [-0.39, 0.29) is 11.3 Å². The van der Waals surface area contributed by atoms with Crippen LogP contribution in [0.1, 0.15) is 12.7 Å². The number of nitrogens with zero attached hydrogens (tertiary/aromatic N) is 3. The lowest BCUT2D eigenvalue weighted by Crippen LogP contribution is -2.58. The van der Waals surface area contributed by atoms with Crippen LogP contribution in [-0.4, -0.2) is 98.8 Å². The molecule has 2 aliphatic rings. The van der Waals surface area contributed by atoms with Crippen LogP contribution in [0.25, 0.3) is 27.7 Å². The molecule has 2 aromatic carbocycles. The van der Waals surface area contributed by atoms with E-state index in [0.29, 0.717) is 5.76 Å². The number of sulfonamides is 1. The molecule has 13 heteroatoms. The fourth-order valence-electron chi connectivity index (χ4n) is 5.06. The lowest BCUT2D eigenvalue weighted by Gasteiger charge is -2.34. The van der Waals surface area contributed by atoms with Gasteiger partial charge < -0.3 is 34.3 Å². The monoisotopic (exact) mass is 596 g/mol. The van der Waals surface area contributed by atoms with Crippen LogP contribution in [0.2, 0.25) is 0 Å². The van der Waals surface area contributed by atoms with Crippen LogP contribution in [0.5, 0.6) is 0 Å². The minimum Gasteiger partial charge on any atom is -0.456 e. The Morgan fingerprint density at radius 1 is 1.02 bits per heavy atom. The number of cyclic esters (lactones) is 1. The van der Waals surface area contributed by atoms with E-state index in [2.05, 4.69) is 39.8 Å². The van der Waals surface area contributed by atoms with Gasteiger partial charge in [-0.05, 0) is 55.1 Å². The quantitative estimate of drug-likeness (QED) is 0.226. The number of anilines is 1. The molecule has 2 saturated heterocycles. The first-order valence-corrected chi connectivity index (χ1v) is 14.9. The van der Waals surface area contributed by atoms with Gasteiger partial charge in [0.15, 0.2) is 11.0 Å². The summed E-state index contributed by atoms with van der Waals surface area (Å²) in [6.07, 6.45) is -6.99. The molecule has 0 saturated carbocycles. The zero-order valence-corrected chi connectivity index (χ0v) is 23.9. The highest BCUT2D eigenvalue weighted by molar-refractivity contribution is 7.93. The summed E-state index contributed by atoms with van der Waals surface area (Å²) >= 11 is 0. The Morgan fingerprint density at radius 3 is 2.43 bits per heavy atom. The van der Waals surface area contributed by atoms with Crippen molar-refractivity contribution in [1.29, 1.82) is 5.26 Å². The Kier molecular flexibility index (Phi) is 8.38. The third kappa shape index (κ3) is 5.91. The van der Waals surface area contributed by atoms with Crippen LogP contribution in [0.15, 0.2) is 57.9 Å². The Morgan fingerprint density at radius 2 is 1.71 bits per heavy atom. The van der Waals surface area contributed by atoms with Gasteiger partial charge >= 0.3 is 5.97 Å². The number of nitriles is 1. The van der Waals surface area contributed by atoms with Gasteiger partial charge in [-0.1, -0.05) is 18.2 Å². The van der Waals surface area contributed by atoms with E-state index in [1.807, 2.05) is 18.2 Å². The van der Waals surface area contributed by atoms with Crippen LogP contribution < -0.4 is 9.62 Å². The van der Waals surface area contributed by atoms with Gasteiger partial charge in [-0.25, -0.2) is 17.9 Å². The molecule has 42 heavy (non-hydrogen) atoms. The molecule has 0 bridgehead atoms.